The molecule has 0 aliphatic carbocycles. The van der Waals surface area contributed by atoms with Gasteiger partial charge in [0.05, 0.1) is 15.6 Å². The van der Waals surface area contributed by atoms with Gasteiger partial charge in [-0.1, -0.05) is 34.8 Å². The highest BCUT2D eigenvalue weighted by molar-refractivity contribution is 6.45. The minimum Gasteiger partial charge on any atom is -0.356 e. The van der Waals surface area contributed by atoms with Gasteiger partial charge in [0.2, 0.25) is 0 Å². The third kappa shape index (κ3) is 2.59. The number of benzene rings is 1. The molecular weight excluding hydrogens is 335 g/mol. The molecule has 0 aliphatic heterocycles. The molecule has 0 fully saturated rings. The predicted molar refractivity (Wildman–Crippen MR) is 71.0 cm³/mol. The van der Waals surface area contributed by atoms with Gasteiger partial charge in [-0.3, -0.25) is 0 Å². The molecule has 2 nitrogen and oxygen atoms in total. The molecule has 20 heavy (non-hydrogen) atoms. The molecule has 1 heterocycles. The number of aromatic amines is 1. The van der Waals surface area contributed by atoms with Gasteiger partial charge >= 0.3 is 6.18 Å². The van der Waals surface area contributed by atoms with Crippen LogP contribution in [0.25, 0.3) is 11.1 Å². The van der Waals surface area contributed by atoms with E-state index in [0.29, 0.717) is 0 Å². The second-order valence-corrected chi connectivity index (χ2v) is 5.03. The van der Waals surface area contributed by atoms with Crippen molar-refractivity contribution >= 4 is 34.8 Å². The number of nitrogens with zero attached hydrogens (tertiary/aromatic N) is 1. The predicted octanol–water partition coefficient (Wildman–Crippen LogP) is 5.53. The third-order valence-electron chi connectivity index (χ3n) is 2.55. The first-order chi connectivity index (χ1) is 9.25. The third-order valence-corrected chi connectivity index (χ3v) is 3.57. The molecule has 8 heteroatoms. The Hall–Kier alpha value is -1.35. The average molecular weight is 340 g/mol. The fraction of sp³-hybridized carbons (Fsp3) is 0.0833. The monoisotopic (exact) mass is 338 g/mol. The number of halogens is 6. The van der Waals surface area contributed by atoms with Crippen molar-refractivity contribution in [2.24, 2.45) is 0 Å². The van der Waals surface area contributed by atoms with Crippen molar-refractivity contribution in [2.45, 2.75) is 6.18 Å². The van der Waals surface area contributed by atoms with E-state index >= 15 is 0 Å². The van der Waals surface area contributed by atoms with E-state index in [0.717, 1.165) is 6.20 Å². The molecule has 104 valence electrons. The fourth-order valence-corrected chi connectivity index (χ4v) is 2.45. The van der Waals surface area contributed by atoms with Crippen molar-refractivity contribution in [1.82, 2.24) is 4.98 Å². The van der Waals surface area contributed by atoms with Crippen molar-refractivity contribution < 1.29 is 13.2 Å². The van der Waals surface area contributed by atoms with Crippen molar-refractivity contribution in [3.63, 3.8) is 0 Å². The Balaban J connectivity index is 2.83. The highest BCUT2D eigenvalue weighted by Gasteiger charge is 2.37. The summed E-state index contributed by atoms with van der Waals surface area (Å²) in [5, 5.41) is 8.97. The van der Waals surface area contributed by atoms with E-state index in [2.05, 4.69) is 0 Å². The molecule has 0 radical (unpaired) electrons. The summed E-state index contributed by atoms with van der Waals surface area (Å²) < 4.78 is 38.9. The fourth-order valence-electron chi connectivity index (χ4n) is 1.75. The number of rotatable bonds is 1. The lowest BCUT2D eigenvalue weighted by Gasteiger charge is -2.11. The van der Waals surface area contributed by atoms with Crippen LogP contribution in [0.5, 0.6) is 0 Å². The first-order valence-electron chi connectivity index (χ1n) is 5.09. The lowest BCUT2D eigenvalue weighted by molar-refractivity contribution is -0.140. The normalized spacial score (nSPS) is 11.4. The van der Waals surface area contributed by atoms with Crippen LogP contribution in [-0.4, -0.2) is 4.98 Å². The summed E-state index contributed by atoms with van der Waals surface area (Å²) in [5.74, 6) is 0. The van der Waals surface area contributed by atoms with Crippen LogP contribution in [0, 0.1) is 11.3 Å². The van der Waals surface area contributed by atoms with E-state index in [1.54, 1.807) is 6.07 Å². The van der Waals surface area contributed by atoms with E-state index in [-0.39, 0.29) is 31.8 Å². The molecule has 1 aromatic heterocycles. The minimum atomic E-state index is -4.66. The van der Waals surface area contributed by atoms with Crippen LogP contribution in [0.3, 0.4) is 0 Å². The molecule has 0 bridgehead atoms. The zero-order valence-corrected chi connectivity index (χ0v) is 11.7. The number of hydrogen-bond acceptors (Lipinski definition) is 1. The van der Waals surface area contributed by atoms with E-state index < -0.39 is 11.9 Å². The molecule has 0 saturated heterocycles. The van der Waals surface area contributed by atoms with Crippen LogP contribution in [0.1, 0.15) is 11.3 Å². The zero-order valence-electron chi connectivity index (χ0n) is 9.45. The van der Waals surface area contributed by atoms with Crippen molar-refractivity contribution in [3.8, 4) is 17.2 Å². The summed E-state index contributed by atoms with van der Waals surface area (Å²) >= 11 is 17.5. The van der Waals surface area contributed by atoms with Crippen LogP contribution >= 0.6 is 34.8 Å². The largest absolute Gasteiger partial charge is 0.431 e. The number of nitriles is 1. The van der Waals surface area contributed by atoms with E-state index in [1.165, 1.54) is 12.1 Å². The minimum absolute atomic E-state index is 0.00683. The van der Waals surface area contributed by atoms with Crippen molar-refractivity contribution in [3.05, 3.63) is 44.7 Å². The Morgan fingerprint density at radius 1 is 1.15 bits per heavy atom. The Labute approximate surface area is 126 Å². The smallest absolute Gasteiger partial charge is 0.356 e. The van der Waals surface area contributed by atoms with Crippen molar-refractivity contribution in [2.75, 3.05) is 0 Å². The number of H-pyrrole nitrogens is 1. The zero-order chi connectivity index (χ0) is 15.1. The van der Waals surface area contributed by atoms with Gasteiger partial charge in [0.15, 0.2) is 0 Å². The molecule has 2 aromatic rings. The molecule has 0 aliphatic rings. The van der Waals surface area contributed by atoms with Gasteiger partial charge in [0.1, 0.15) is 11.8 Å². The quantitative estimate of drug-likeness (QED) is 0.681. The Bertz CT molecular complexity index is 714. The second-order valence-electron chi connectivity index (χ2n) is 3.81. The number of aromatic nitrogens is 1. The molecular formula is C12H4Cl3F3N2. The SMILES string of the molecule is N#Cc1c[nH]c(C(F)(F)F)c1-c1cc(Cl)cc(Cl)c1Cl. The highest BCUT2D eigenvalue weighted by Crippen LogP contribution is 2.43. The number of nitrogens with one attached hydrogen (secondary N) is 1. The summed E-state index contributed by atoms with van der Waals surface area (Å²) in [6.45, 7) is 0. The van der Waals surface area contributed by atoms with Crippen molar-refractivity contribution in [1.29, 1.82) is 5.26 Å². The highest BCUT2D eigenvalue weighted by atomic mass is 35.5. The first kappa shape index (κ1) is 15.0. The lowest BCUT2D eigenvalue weighted by atomic mass is 10.0. The van der Waals surface area contributed by atoms with Crippen LogP contribution < -0.4 is 0 Å². The van der Waals surface area contributed by atoms with Crippen LogP contribution in [-0.2, 0) is 6.18 Å². The van der Waals surface area contributed by atoms with Crippen LogP contribution in [0.2, 0.25) is 15.1 Å². The van der Waals surface area contributed by atoms with Gasteiger partial charge < -0.3 is 4.98 Å². The van der Waals surface area contributed by atoms with E-state index in [1.807, 2.05) is 4.98 Å². The van der Waals surface area contributed by atoms with Gasteiger partial charge in [0, 0.05) is 22.3 Å². The summed E-state index contributed by atoms with van der Waals surface area (Å²) in [4.78, 5) is 2.04. The molecule has 1 aromatic carbocycles. The number of alkyl halides is 3. The van der Waals surface area contributed by atoms with Gasteiger partial charge in [-0.25, -0.2) is 0 Å². The van der Waals surface area contributed by atoms with Gasteiger partial charge in [-0.15, -0.1) is 0 Å². The van der Waals surface area contributed by atoms with E-state index in [4.69, 9.17) is 40.1 Å². The standard InChI is InChI=1S/C12H4Cl3F3N2/c13-6-1-7(10(15)8(14)2-6)9-5(3-19)4-20-11(9)12(16,17)18/h1-2,4,20H. The Morgan fingerprint density at radius 2 is 1.80 bits per heavy atom. The van der Waals surface area contributed by atoms with Crippen LogP contribution in [0.15, 0.2) is 18.3 Å². The average Bonchev–Trinajstić information content (AvgIpc) is 2.77. The molecule has 0 unspecified atom stereocenters. The van der Waals surface area contributed by atoms with Crippen LogP contribution in [0.4, 0.5) is 13.2 Å². The summed E-state index contributed by atoms with van der Waals surface area (Å²) in [7, 11) is 0. The molecule has 2 rings (SSSR count). The molecule has 0 spiro atoms. The Kier molecular flexibility index (Phi) is 3.92. The second kappa shape index (κ2) is 5.21. The number of hydrogen-bond donors (Lipinski definition) is 1. The maximum absolute atomic E-state index is 13.0. The van der Waals surface area contributed by atoms with Gasteiger partial charge in [-0.2, -0.15) is 18.4 Å². The molecule has 1 N–H and O–H groups in total. The maximum Gasteiger partial charge on any atom is 0.431 e. The topological polar surface area (TPSA) is 39.6 Å². The first-order valence-corrected chi connectivity index (χ1v) is 6.22. The maximum atomic E-state index is 13.0. The lowest BCUT2D eigenvalue weighted by Crippen LogP contribution is -2.07. The summed E-state index contributed by atoms with van der Waals surface area (Å²) in [5.41, 5.74) is -1.68. The molecule has 0 saturated carbocycles. The Morgan fingerprint density at radius 3 is 2.35 bits per heavy atom. The summed E-state index contributed by atoms with van der Waals surface area (Å²) in [6.07, 6.45) is -3.70. The summed E-state index contributed by atoms with van der Waals surface area (Å²) in [6, 6.07) is 4.21. The van der Waals surface area contributed by atoms with E-state index in [9.17, 15) is 13.2 Å². The molecule has 0 amide bonds. The van der Waals surface area contributed by atoms with Gasteiger partial charge in [-0.05, 0) is 12.1 Å². The molecule has 0 atom stereocenters. The van der Waals surface area contributed by atoms with Gasteiger partial charge in [0.25, 0.3) is 0 Å².